The predicted molar refractivity (Wildman–Crippen MR) is 126 cm³/mol. The van der Waals surface area contributed by atoms with Crippen LogP contribution in [0.5, 0.6) is 5.75 Å². The summed E-state index contributed by atoms with van der Waals surface area (Å²) in [6.45, 7) is 0.638. The summed E-state index contributed by atoms with van der Waals surface area (Å²) in [5.41, 5.74) is 11.6. The number of pyridine rings is 2. The van der Waals surface area contributed by atoms with Crippen LogP contribution in [0.4, 0.5) is 5.82 Å². The second kappa shape index (κ2) is 9.87. The molecule has 0 unspecified atom stereocenters. The number of benzene rings is 2. The number of methoxy groups -OCH3 is 1. The Kier molecular flexibility index (Phi) is 6.55. The van der Waals surface area contributed by atoms with E-state index in [-0.39, 0.29) is 6.04 Å². The Labute approximate surface area is 183 Å². The van der Waals surface area contributed by atoms with E-state index in [4.69, 9.17) is 15.5 Å². The summed E-state index contributed by atoms with van der Waals surface area (Å²) in [4.78, 5) is 9.06. The third-order valence-corrected chi connectivity index (χ3v) is 5.14. The largest absolute Gasteiger partial charge is 0.497 e. The van der Waals surface area contributed by atoms with Gasteiger partial charge >= 0.3 is 0 Å². The van der Waals surface area contributed by atoms with Gasteiger partial charge in [0.25, 0.3) is 0 Å². The monoisotopic (exact) mass is 410 g/mol. The molecule has 4 rings (SSSR count). The van der Waals surface area contributed by atoms with Crippen LogP contribution in [0.3, 0.4) is 0 Å². The Hall–Kier alpha value is -3.70. The maximum absolute atomic E-state index is 6.34. The van der Waals surface area contributed by atoms with E-state index >= 15 is 0 Å². The lowest BCUT2D eigenvalue weighted by molar-refractivity contribution is 0.415. The second-order valence-corrected chi connectivity index (χ2v) is 7.39. The third kappa shape index (κ3) is 5.27. The molecule has 5 heteroatoms. The van der Waals surface area contributed by atoms with E-state index in [2.05, 4.69) is 28.5 Å². The lowest BCUT2D eigenvalue weighted by Crippen LogP contribution is -2.31. The molecule has 0 aliphatic heterocycles. The number of nitrogens with two attached hydrogens (primary N) is 1. The van der Waals surface area contributed by atoms with Gasteiger partial charge in [-0.25, -0.2) is 4.98 Å². The summed E-state index contributed by atoms with van der Waals surface area (Å²) in [5.74, 6) is 1.63. The van der Waals surface area contributed by atoms with Crippen molar-refractivity contribution in [2.24, 2.45) is 5.73 Å². The molecule has 0 fully saturated rings. The number of hydrogen-bond donors (Lipinski definition) is 2. The minimum Gasteiger partial charge on any atom is -0.497 e. The number of hydrogen-bond acceptors (Lipinski definition) is 5. The molecule has 0 aliphatic carbocycles. The zero-order valence-corrected chi connectivity index (χ0v) is 17.5. The van der Waals surface area contributed by atoms with Crippen molar-refractivity contribution in [1.82, 2.24) is 9.97 Å². The highest BCUT2D eigenvalue weighted by atomic mass is 16.5. The molecule has 2 aromatic heterocycles. The average molecular weight is 411 g/mol. The van der Waals surface area contributed by atoms with Gasteiger partial charge in [0.05, 0.1) is 12.8 Å². The molecule has 0 radical (unpaired) electrons. The van der Waals surface area contributed by atoms with Gasteiger partial charge in [0.2, 0.25) is 0 Å². The second-order valence-electron chi connectivity index (χ2n) is 7.39. The highest BCUT2D eigenvalue weighted by Gasteiger charge is 2.12. The molecular formula is C26H26N4O. The first-order valence-electron chi connectivity index (χ1n) is 10.3. The molecule has 0 amide bonds. The highest BCUT2D eigenvalue weighted by Crippen LogP contribution is 2.32. The average Bonchev–Trinajstić information content (AvgIpc) is 2.84. The minimum absolute atomic E-state index is 0.00478. The standard InChI is InChI=1S/C26H26N4O/c1-31-23-9-7-20(8-10-23)24-11-12-25(30-26(24)21-13-15-28-16-14-21)29-18-22(27)17-19-5-3-2-4-6-19/h2-16,22H,17-18,27H2,1H3,(H,29,30)/t22-/m1/s1. The van der Waals surface area contributed by atoms with Gasteiger partial charge in [-0.3, -0.25) is 4.98 Å². The maximum Gasteiger partial charge on any atom is 0.126 e. The highest BCUT2D eigenvalue weighted by molar-refractivity contribution is 5.82. The van der Waals surface area contributed by atoms with Crippen LogP contribution >= 0.6 is 0 Å². The Morgan fingerprint density at radius 1 is 0.871 bits per heavy atom. The van der Waals surface area contributed by atoms with E-state index in [0.29, 0.717) is 6.54 Å². The first-order valence-corrected chi connectivity index (χ1v) is 10.3. The van der Waals surface area contributed by atoms with Gasteiger partial charge in [-0.2, -0.15) is 0 Å². The van der Waals surface area contributed by atoms with Gasteiger partial charge in [-0.15, -0.1) is 0 Å². The predicted octanol–water partition coefficient (Wildman–Crippen LogP) is 4.80. The molecule has 156 valence electrons. The van der Waals surface area contributed by atoms with Gasteiger partial charge in [0, 0.05) is 36.1 Å². The molecule has 0 aliphatic rings. The van der Waals surface area contributed by atoms with Crippen molar-refractivity contribution < 1.29 is 4.74 Å². The van der Waals surface area contributed by atoms with Crippen LogP contribution < -0.4 is 15.8 Å². The molecule has 0 saturated carbocycles. The first kappa shape index (κ1) is 20.6. The van der Waals surface area contributed by atoms with Crippen molar-refractivity contribution in [3.05, 3.63) is 96.8 Å². The zero-order chi connectivity index (χ0) is 21.5. The van der Waals surface area contributed by atoms with Gasteiger partial charge in [0.1, 0.15) is 11.6 Å². The summed E-state index contributed by atoms with van der Waals surface area (Å²) in [6, 6.07) is 26.3. The summed E-state index contributed by atoms with van der Waals surface area (Å²) >= 11 is 0. The SMILES string of the molecule is COc1ccc(-c2ccc(NC[C@H](N)Cc3ccccc3)nc2-c2ccncc2)cc1. The number of nitrogens with one attached hydrogen (secondary N) is 1. The summed E-state index contributed by atoms with van der Waals surface area (Å²) in [5, 5.41) is 3.40. The van der Waals surface area contributed by atoms with E-state index < -0.39 is 0 Å². The topological polar surface area (TPSA) is 73.1 Å². The van der Waals surface area contributed by atoms with Crippen LogP contribution in [0.15, 0.2) is 91.3 Å². The first-order chi connectivity index (χ1) is 15.2. The Balaban J connectivity index is 1.57. The van der Waals surface area contributed by atoms with Gasteiger partial charge in [-0.05, 0) is 53.9 Å². The maximum atomic E-state index is 6.34. The molecule has 4 aromatic rings. The Bertz CT molecular complexity index is 1100. The number of rotatable bonds is 8. The van der Waals surface area contributed by atoms with Crippen LogP contribution in [0.25, 0.3) is 22.4 Å². The fourth-order valence-corrected chi connectivity index (χ4v) is 3.52. The van der Waals surface area contributed by atoms with Gasteiger partial charge < -0.3 is 15.8 Å². The molecule has 5 nitrogen and oxygen atoms in total. The van der Waals surface area contributed by atoms with Crippen molar-refractivity contribution in [1.29, 1.82) is 0 Å². The summed E-state index contributed by atoms with van der Waals surface area (Å²) in [7, 11) is 1.67. The molecule has 0 bridgehead atoms. The van der Waals surface area contributed by atoms with Crippen LogP contribution in [-0.4, -0.2) is 29.7 Å². The molecule has 1 atom stereocenters. The molecule has 2 heterocycles. The Morgan fingerprint density at radius 3 is 2.32 bits per heavy atom. The van der Waals surface area contributed by atoms with Crippen LogP contribution in [0.1, 0.15) is 5.56 Å². The van der Waals surface area contributed by atoms with Crippen LogP contribution in [0, 0.1) is 0 Å². The smallest absolute Gasteiger partial charge is 0.126 e. The normalized spacial score (nSPS) is 11.7. The van der Waals surface area contributed by atoms with Crippen molar-refractivity contribution in [2.75, 3.05) is 19.0 Å². The van der Waals surface area contributed by atoms with Crippen molar-refractivity contribution in [3.63, 3.8) is 0 Å². The van der Waals surface area contributed by atoms with Crippen LogP contribution in [-0.2, 0) is 6.42 Å². The van der Waals surface area contributed by atoms with E-state index in [1.165, 1.54) is 5.56 Å². The lowest BCUT2D eigenvalue weighted by Gasteiger charge is -2.16. The molecular weight excluding hydrogens is 384 g/mol. The molecule has 0 spiro atoms. The number of ether oxygens (including phenoxy) is 1. The Morgan fingerprint density at radius 2 is 1.61 bits per heavy atom. The number of aromatic nitrogens is 2. The lowest BCUT2D eigenvalue weighted by atomic mass is 9.99. The van der Waals surface area contributed by atoms with E-state index in [1.54, 1.807) is 19.5 Å². The molecule has 0 saturated heterocycles. The van der Waals surface area contributed by atoms with E-state index in [1.807, 2.05) is 60.7 Å². The van der Waals surface area contributed by atoms with E-state index in [9.17, 15) is 0 Å². The molecule has 31 heavy (non-hydrogen) atoms. The van der Waals surface area contributed by atoms with Crippen molar-refractivity contribution in [3.8, 4) is 28.1 Å². The quantitative estimate of drug-likeness (QED) is 0.436. The number of anilines is 1. The van der Waals surface area contributed by atoms with Crippen molar-refractivity contribution in [2.45, 2.75) is 12.5 Å². The zero-order valence-electron chi connectivity index (χ0n) is 17.5. The number of nitrogens with zero attached hydrogens (tertiary/aromatic N) is 2. The van der Waals surface area contributed by atoms with Crippen LogP contribution in [0.2, 0.25) is 0 Å². The molecule has 3 N–H and O–H groups in total. The fourth-order valence-electron chi connectivity index (χ4n) is 3.52. The van der Waals surface area contributed by atoms with Gasteiger partial charge in [-0.1, -0.05) is 42.5 Å². The van der Waals surface area contributed by atoms with Crippen molar-refractivity contribution >= 4 is 5.82 Å². The molecule has 2 aromatic carbocycles. The summed E-state index contributed by atoms with van der Waals surface area (Å²) < 4.78 is 5.29. The fraction of sp³-hybridized carbons (Fsp3) is 0.154. The van der Waals surface area contributed by atoms with Gasteiger partial charge in [0.15, 0.2) is 0 Å². The third-order valence-electron chi connectivity index (χ3n) is 5.14. The minimum atomic E-state index is -0.00478. The summed E-state index contributed by atoms with van der Waals surface area (Å²) in [6.07, 6.45) is 4.38. The van der Waals surface area contributed by atoms with E-state index in [0.717, 1.165) is 40.4 Å².